The van der Waals surface area contributed by atoms with Crippen LogP contribution >= 0.6 is 0 Å². The summed E-state index contributed by atoms with van der Waals surface area (Å²) in [5, 5.41) is 7.51. The summed E-state index contributed by atoms with van der Waals surface area (Å²) in [7, 11) is 0. The van der Waals surface area contributed by atoms with E-state index in [0.717, 1.165) is 24.5 Å². The molecule has 1 unspecified atom stereocenters. The first kappa shape index (κ1) is 12.2. The van der Waals surface area contributed by atoms with Crippen LogP contribution in [-0.2, 0) is 0 Å². The Morgan fingerprint density at radius 1 is 1.21 bits per heavy atom. The summed E-state index contributed by atoms with van der Waals surface area (Å²) in [6, 6.07) is 0.193. The molecule has 19 heavy (non-hydrogen) atoms. The number of rotatable bonds is 2. The van der Waals surface area contributed by atoms with Crippen molar-refractivity contribution in [2.75, 3.05) is 6.54 Å². The molecule has 1 fully saturated rings. The van der Waals surface area contributed by atoms with Crippen molar-refractivity contribution in [3.05, 3.63) is 23.9 Å². The highest BCUT2D eigenvalue weighted by Crippen LogP contribution is 2.22. The van der Waals surface area contributed by atoms with E-state index in [1.54, 1.807) is 12.4 Å². The fourth-order valence-corrected chi connectivity index (χ4v) is 2.23. The van der Waals surface area contributed by atoms with Crippen LogP contribution in [0.2, 0.25) is 0 Å². The minimum absolute atomic E-state index is 0.193. The Morgan fingerprint density at radius 3 is 3.00 bits per heavy atom. The number of aromatic nitrogens is 4. The van der Waals surface area contributed by atoms with Gasteiger partial charge in [-0.3, -0.25) is 4.98 Å². The molecule has 0 aliphatic carbocycles. The zero-order valence-corrected chi connectivity index (χ0v) is 11.0. The largest absolute Gasteiger partial charge is 0.332 e. The minimum Gasteiger partial charge on any atom is -0.332 e. The summed E-state index contributed by atoms with van der Waals surface area (Å²) in [6.45, 7) is 2.91. The van der Waals surface area contributed by atoms with Crippen LogP contribution in [-0.4, -0.2) is 26.7 Å². The molecule has 0 aromatic carbocycles. The standard InChI is InChI=1S/C13H17N5O/c1-9-7-16-11(8-15-9)13-17-12(18-19-13)10-5-3-2-4-6-14-10/h7-8,10,14H,2-6H2,1H3. The van der Waals surface area contributed by atoms with E-state index in [-0.39, 0.29) is 6.04 Å². The second-order valence-electron chi connectivity index (χ2n) is 4.86. The van der Waals surface area contributed by atoms with Crippen molar-refractivity contribution >= 4 is 0 Å². The van der Waals surface area contributed by atoms with Crippen molar-refractivity contribution in [3.63, 3.8) is 0 Å². The van der Waals surface area contributed by atoms with Gasteiger partial charge in [0.15, 0.2) is 5.82 Å². The fraction of sp³-hybridized carbons (Fsp3) is 0.538. The van der Waals surface area contributed by atoms with Crippen molar-refractivity contribution in [1.82, 2.24) is 25.4 Å². The van der Waals surface area contributed by atoms with Gasteiger partial charge in [-0.05, 0) is 26.3 Å². The summed E-state index contributed by atoms with van der Waals surface area (Å²) >= 11 is 0. The van der Waals surface area contributed by atoms with Gasteiger partial charge >= 0.3 is 0 Å². The normalized spacial score (nSPS) is 20.2. The lowest BCUT2D eigenvalue weighted by molar-refractivity contribution is 0.401. The summed E-state index contributed by atoms with van der Waals surface area (Å²) in [4.78, 5) is 12.9. The first-order valence-electron chi connectivity index (χ1n) is 6.69. The predicted molar refractivity (Wildman–Crippen MR) is 69.3 cm³/mol. The highest BCUT2D eigenvalue weighted by atomic mass is 16.5. The van der Waals surface area contributed by atoms with Crippen molar-refractivity contribution < 1.29 is 4.52 Å². The molecule has 6 heteroatoms. The molecule has 2 aromatic rings. The first-order valence-corrected chi connectivity index (χ1v) is 6.69. The van der Waals surface area contributed by atoms with Crippen LogP contribution in [0.25, 0.3) is 11.6 Å². The van der Waals surface area contributed by atoms with Gasteiger partial charge < -0.3 is 9.84 Å². The lowest BCUT2D eigenvalue weighted by Gasteiger charge is -2.09. The minimum atomic E-state index is 0.193. The monoisotopic (exact) mass is 259 g/mol. The molecular formula is C13H17N5O. The van der Waals surface area contributed by atoms with Gasteiger partial charge in [0.1, 0.15) is 5.69 Å². The lowest BCUT2D eigenvalue weighted by Crippen LogP contribution is -2.21. The third-order valence-electron chi connectivity index (χ3n) is 3.31. The summed E-state index contributed by atoms with van der Waals surface area (Å²) in [5.74, 6) is 1.16. The highest BCUT2D eigenvalue weighted by molar-refractivity contribution is 5.44. The summed E-state index contributed by atoms with van der Waals surface area (Å²) < 4.78 is 5.28. The van der Waals surface area contributed by atoms with Crippen LogP contribution in [0.3, 0.4) is 0 Å². The Morgan fingerprint density at radius 2 is 2.16 bits per heavy atom. The Kier molecular flexibility index (Phi) is 3.50. The maximum absolute atomic E-state index is 5.28. The van der Waals surface area contributed by atoms with E-state index in [2.05, 4.69) is 25.4 Å². The van der Waals surface area contributed by atoms with Crippen molar-refractivity contribution in [2.24, 2.45) is 0 Å². The Hall–Kier alpha value is -1.82. The molecule has 0 bridgehead atoms. The molecule has 0 amide bonds. The van der Waals surface area contributed by atoms with E-state index < -0.39 is 0 Å². The summed E-state index contributed by atoms with van der Waals surface area (Å²) in [6.07, 6.45) is 8.09. The van der Waals surface area contributed by atoms with Crippen molar-refractivity contribution in [1.29, 1.82) is 0 Å². The van der Waals surface area contributed by atoms with E-state index in [0.29, 0.717) is 11.6 Å². The van der Waals surface area contributed by atoms with Gasteiger partial charge in [0.25, 0.3) is 5.89 Å². The maximum Gasteiger partial charge on any atom is 0.278 e. The molecule has 1 aliphatic rings. The molecule has 1 saturated heterocycles. The van der Waals surface area contributed by atoms with Crippen molar-refractivity contribution in [3.8, 4) is 11.6 Å². The van der Waals surface area contributed by atoms with Crippen LogP contribution in [0.1, 0.15) is 43.2 Å². The van der Waals surface area contributed by atoms with Gasteiger partial charge in [-0.15, -0.1) is 0 Å². The van der Waals surface area contributed by atoms with E-state index >= 15 is 0 Å². The topological polar surface area (TPSA) is 76.7 Å². The number of nitrogens with zero attached hydrogens (tertiary/aromatic N) is 4. The van der Waals surface area contributed by atoms with E-state index in [1.807, 2.05) is 6.92 Å². The Labute approximate surface area is 111 Å². The van der Waals surface area contributed by atoms with Crippen LogP contribution < -0.4 is 5.32 Å². The maximum atomic E-state index is 5.28. The molecule has 6 nitrogen and oxygen atoms in total. The SMILES string of the molecule is Cc1cnc(-c2nc(C3CCCCCN3)no2)cn1. The number of hydrogen-bond acceptors (Lipinski definition) is 6. The third kappa shape index (κ3) is 2.78. The molecule has 1 N–H and O–H groups in total. The molecule has 100 valence electrons. The molecule has 0 radical (unpaired) electrons. The predicted octanol–water partition coefficient (Wildman–Crippen LogP) is 2.04. The van der Waals surface area contributed by atoms with Crippen molar-refractivity contribution in [2.45, 2.75) is 38.6 Å². The zero-order valence-electron chi connectivity index (χ0n) is 11.0. The number of aryl methyl sites for hydroxylation is 1. The van der Waals surface area contributed by atoms with E-state index in [9.17, 15) is 0 Å². The molecule has 1 aliphatic heterocycles. The molecule has 0 saturated carbocycles. The molecule has 0 spiro atoms. The number of nitrogens with one attached hydrogen (secondary N) is 1. The molecule has 1 atom stereocenters. The van der Waals surface area contributed by atoms with Gasteiger partial charge in [-0.2, -0.15) is 4.98 Å². The Bertz CT molecular complexity index is 528. The quantitative estimate of drug-likeness (QED) is 0.889. The van der Waals surface area contributed by atoms with Gasteiger partial charge in [0, 0.05) is 6.20 Å². The third-order valence-corrected chi connectivity index (χ3v) is 3.31. The Balaban J connectivity index is 1.80. The average Bonchev–Trinajstić information content (AvgIpc) is 2.76. The highest BCUT2D eigenvalue weighted by Gasteiger charge is 2.20. The van der Waals surface area contributed by atoms with Gasteiger partial charge in [-0.1, -0.05) is 18.0 Å². The van der Waals surface area contributed by atoms with Crippen LogP contribution in [0.15, 0.2) is 16.9 Å². The zero-order chi connectivity index (χ0) is 13.1. The smallest absolute Gasteiger partial charge is 0.278 e. The molecular weight excluding hydrogens is 242 g/mol. The van der Waals surface area contributed by atoms with Crippen LogP contribution in [0.4, 0.5) is 0 Å². The first-order chi connectivity index (χ1) is 9.33. The second-order valence-corrected chi connectivity index (χ2v) is 4.86. The number of hydrogen-bond donors (Lipinski definition) is 1. The van der Waals surface area contributed by atoms with Gasteiger partial charge in [-0.25, -0.2) is 4.98 Å². The van der Waals surface area contributed by atoms with Crippen LogP contribution in [0.5, 0.6) is 0 Å². The lowest BCUT2D eigenvalue weighted by atomic mass is 10.1. The second kappa shape index (κ2) is 5.44. The average molecular weight is 259 g/mol. The fourth-order valence-electron chi connectivity index (χ4n) is 2.23. The van der Waals surface area contributed by atoms with Crippen LogP contribution in [0, 0.1) is 6.92 Å². The molecule has 3 rings (SSSR count). The summed E-state index contributed by atoms with van der Waals surface area (Å²) in [5.41, 5.74) is 1.49. The van der Waals surface area contributed by atoms with Gasteiger partial charge in [0.05, 0.1) is 17.9 Å². The molecule has 2 aromatic heterocycles. The van der Waals surface area contributed by atoms with E-state index in [4.69, 9.17) is 4.52 Å². The van der Waals surface area contributed by atoms with Gasteiger partial charge in [0.2, 0.25) is 0 Å². The molecule has 3 heterocycles. The van der Waals surface area contributed by atoms with E-state index in [1.165, 1.54) is 19.3 Å².